The molecule has 7 nitrogen and oxygen atoms in total. The van der Waals surface area contributed by atoms with E-state index in [9.17, 15) is 9.59 Å². The maximum Gasteiger partial charge on any atom is 0.340 e. The van der Waals surface area contributed by atoms with Crippen LogP contribution in [0, 0.1) is 0 Å². The number of para-hydroxylation sites is 2. The Balaban J connectivity index is 1.73. The van der Waals surface area contributed by atoms with Crippen LogP contribution < -0.4 is 10.1 Å². The van der Waals surface area contributed by atoms with Gasteiger partial charge in [0.2, 0.25) is 6.41 Å². The van der Waals surface area contributed by atoms with Gasteiger partial charge in [-0.3, -0.25) is 9.36 Å². The van der Waals surface area contributed by atoms with Crippen molar-refractivity contribution >= 4 is 29.1 Å². The predicted octanol–water partition coefficient (Wildman–Crippen LogP) is 4.51. The monoisotopic (exact) mass is 429 g/mol. The SMILES string of the molecule is CCOc1nc2cccc(C(=O)OC)c2n1Cc1ccc(-c2ccccc2NC=O)cc1. The Kier molecular flexibility index (Phi) is 6.17. The second-order valence-electron chi connectivity index (χ2n) is 7.08. The molecule has 162 valence electrons. The van der Waals surface area contributed by atoms with E-state index in [-0.39, 0.29) is 0 Å². The molecule has 3 aromatic carbocycles. The highest BCUT2D eigenvalue weighted by molar-refractivity contribution is 6.02. The third-order valence-corrected chi connectivity index (χ3v) is 5.16. The highest BCUT2D eigenvalue weighted by Crippen LogP contribution is 2.30. The fourth-order valence-corrected chi connectivity index (χ4v) is 3.72. The van der Waals surface area contributed by atoms with E-state index in [1.807, 2.05) is 66.1 Å². The molecule has 0 aliphatic rings. The number of esters is 1. The van der Waals surface area contributed by atoms with E-state index in [2.05, 4.69) is 10.3 Å². The summed E-state index contributed by atoms with van der Waals surface area (Å²) in [7, 11) is 1.36. The number of hydrogen-bond donors (Lipinski definition) is 1. The molecule has 1 N–H and O–H groups in total. The van der Waals surface area contributed by atoms with Crippen LogP contribution in [-0.2, 0) is 16.1 Å². The molecule has 1 aromatic heterocycles. The molecule has 0 radical (unpaired) electrons. The highest BCUT2D eigenvalue weighted by Gasteiger charge is 2.19. The number of nitrogens with zero attached hydrogens (tertiary/aromatic N) is 2. The average Bonchev–Trinajstić information content (AvgIpc) is 3.17. The van der Waals surface area contributed by atoms with Gasteiger partial charge < -0.3 is 14.8 Å². The molecule has 7 heteroatoms. The van der Waals surface area contributed by atoms with Gasteiger partial charge in [0.05, 0.1) is 36.9 Å². The second kappa shape index (κ2) is 9.34. The number of ether oxygens (including phenoxy) is 2. The number of anilines is 1. The number of carbonyl (C=O) groups excluding carboxylic acids is 2. The topological polar surface area (TPSA) is 82.4 Å². The van der Waals surface area contributed by atoms with Gasteiger partial charge in [0, 0.05) is 11.3 Å². The summed E-state index contributed by atoms with van der Waals surface area (Å²) < 4.78 is 12.6. The molecule has 0 saturated carbocycles. The number of nitrogens with one attached hydrogen (secondary N) is 1. The molecule has 32 heavy (non-hydrogen) atoms. The summed E-state index contributed by atoms with van der Waals surface area (Å²) in [4.78, 5) is 27.8. The smallest absolute Gasteiger partial charge is 0.340 e. The maximum atomic E-state index is 12.4. The van der Waals surface area contributed by atoms with Gasteiger partial charge in [0.1, 0.15) is 0 Å². The minimum absolute atomic E-state index is 0.422. The van der Waals surface area contributed by atoms with Crippen molar-refractivity contribution < 1.29 is 19.1 Å². The van der Waals surface area contributed by atoms with Crippen LogP contribution in [-0.4, -0.2) is 35.6 Å². The van der Waals surface area contributed by atoms with Crippen molar-refractivity contribution in [2.75, 3.05) is 19.0 Å². The quantitative estimate of drug-likeness (QED) is 0.329. The standard InChI is InChI=1S/C25H23N3O4/c1-3-32-25-27-22-10-6-8-20(24(30)31-2)23(22)28(25)15-17-11-13-18(14-12-17)19-7-4-5-9-21(19)26-16-29/h4-14,16H,3,15H2,1-2H3,(H,26,29). The number of aromatic nitrogens is 2. The molecule has 0 aliphatic heterocycles. The number of hydrogen-bond acceptors (Lipinski definition) is 5. The molecule has 4 aromatic rings. The van der Waals surface area contributed by atoms with Crippen LogP contribution in [0.15, 0.2) is 66.7 Å². The average molecular weight is 429 g/mol. The van der Waals surface area contributed by atoms with Gasteiger partial charge in [0.15, 0.2) is 0 Å². The van der Waals surface area contributed by atoms with E-state index < -0.39 is 5.97 Å². The van der Waals surface area contributed by atoms with Gasteiger partial charge in [-0.15, -0.1) is 0 Å². The molecule has 0 saturated heterocycles. The minimum atomic E-state index is -0.422. The molecule has 0 aliphatic carbocycles. The van der Waals surface area contributed by atoms with Crippen molar-refractivity contribution in [1.82, 2.24) is 9.55 Å². The van der Waals surface area contributed by atoms with E-state index in [0.717, 1.165) is 22.4 Å². The Morgan fingerprint density at radius 2 is 1.84 bits per heavy atom. The Morgan fingerprint density at radius 1 is 1.06 bits per heavy atom. The van der Waals surface area contributed by atoms with Crippen LogP contribution in [0.1, 0.15) is 22.8 Å². The first kappa shape index (κ1) is 21.1. The number of imidazole rings is 1. The van der Waals surface area contributed by atoms with Crippen LogP contribution >= 0.6 is 0 Å². The van der Waals surface area contributed by atoms with Crippen LogP contribution in [0.5, 0.6) is 6.01 Å². The first-order chi connectivity index (χ1) is 15.7. The van der Waals surface area contributed by atoms with Crippen molar-refractivity contribution in [2.24, 2.45) is 0 Å². The zero-order chi connectivity index (χ0) is 22.5. The Bertz CT molecular complexity index is 1260. The Hall–Kier alpha value is -4.13. The number of rotatable bonds is 8. The number of amides is 1. The zero-order valence-corrected chi connectivity index (χ0v) is 17.9. The third kappa shape index (κ3) is 4.05. The van der Waals surface area contributed by atoms with Crippen molar-refractivity contribution in [1.29, 1.82) is 0 Å². The zero-order valence-electron chi connectivity index (χ0n) is 17.9. The number of carbonyl (C=O) groups is 2. The summed E-state index contributed by atoms with van der Waals surface area (Å²) in [5, 5.41) is 2.74. The molecule has 1 heterocycles. The number of benzene rings is 3. The lowest BCUT2D eigenvalue weighted by Crippen LogP contribution is -2.09. The minimum Gasteiger partial charge on any atom is -0.465 e. The summed E-state index contributed by atoms with van der Waals surface area (Å²) >= 11 is 0. The lowest BCUT2D eigenvalue weighted by Gasteiger charge is -2.12. The van der Waals surface area contributed by atoms with Gasteiger partial charge in [-0.2, -0.15) is 4.98 Å². The van der Waals surface area contributed by atoms with Crippen LogP contribution in [0.3, 0.4) is 0 Å². The molecule has 0 unspecified atom stereocenters. The van der Waals surface area contributed by atoms with Gasteiger partial charge in [0.25, 0.3) is 6.01 Å². The first-order valence-corrected chi connectivity index (χ1v) is 10.2. The Labute approximate surface area is 185 Å². The second-order valence-corrected chi connectivity index (χ2v) is 7.08. The summed E-state index contributed by atoms with van der Waals surface area (Å²) in [5.74, 6) is -0.422. The molecular formula is C25H23N3O4. The van der Waals surface area contributed by atoms with Crippen LogP contribution in [0.4, 0.5) is 5.69 Å². The summed E-state index contributed by atoms with van der Waals surface area (Å²) in [6, 6.07) is 21.4. The van der Waals surface area contributed by atoms with E-state index in [4.69, 9.17) is 9.47 Å². The largest absolute Gasteiger partial charge is 0.465 e. The van der Waals surface area contributed by atoms with Gasteiger partial charge in [-0.1, -0.05) is 48.5 Å². The van der Waals surface area contributed by atoms with E-state index >= 15 is 0 Å². The molecule has 0 fully saturated rings. The summed E-state index contributed by atoms with van der Waals surface area (Å²) in [6.07, 6.45) is 0.672. The van der Waals surface area contributed by atoms with Crippen LogP contribution in [0.2, 0.25) is 0 Å². The third-order valence-electron chi connectivity index (χ3n) is 5.16. The van der Waals surface area contributed by atoms with Crippen molar-refractivity contribution in [3.8, 4) is 17.1 Å². The van der Waals surface area contributed by atoms with E-state index in [1.165, 1.54) is 7.11 Å². The van der Waals surface area contributed by atoms with Crippen molar-refractivity contribution in [2.45, 2.75) is 13.5 Å². The molecule has 0 atom stereocenters. The number of methoxy groups -OCH3 is 1. The maximum absolute atomic E-state index is 12.4. The van der Waals surface area contributed by atoms with Crippen molar-refractivity contribution in [3.05, 3.63) is 77.9 Å². The number of fused-ring (bicyclic) bond motifs is 1. The normalized spacial score (nSPS) is 10.7. The fourth-order valence-electron chi connectivity index (χ4n) is 3.72. The molecule has 4 rings (SSSR count). The molecular weight excluding hydrogens is 406 g/mol. The Morgan fingerprint density at radius 3 is 2.56 bits per heavy atom. The van der Waals surface area contributed by atoms with Crippen molar-refractivity contribution in [3.63, 3.8) is 0 Å². The molecule has 0 bridgehead atoms. The predicted molar refractivity (Wildman–Crippen MR) is 123 cm³/mol. The van der Waals surface area contributed by atoms with Gasteiger partial charge >= 0.3 is 5.97 Å². The summed E-state index contributed by atoms with van der Waals surface area (Å²) in [6.45, 7) is 2.81. The molecule has 0 spiro atoms. The summed E-state index contributed by atoms with van der Waals surface area (Å²) in [5.41, 5.74) is 5.45. The highest BCUT2D eigenvalue weighted by atomic mass is 16.5. The fraction of sp³-hybridized carbons (Fsp3) is 0.160. The lowest BCUT2D eigenvalue weighted by atomic mass is 10.0. The lowest BCUT2D eigenvalue weighted by molar-refractivity contribution is -0.105. The molecule has 1 amide bonds. The first-order valence-electron chi connectivity index (χ1n) is 10.2. The van der Waals surface area contributed by atoms with E-state index in [1.54, 1.807) is 12.1 Å². The van der Waals surface area contributed by atoms with E-state index in [0.29, 0.717) is 42.2 Å². The van der Waals surface area contributed by atoms with Crippen LogP contribution in [0.25, 0.3) is 22.2 Å². The van der Waals surface area contributed by atoms with Gasteiger partial charge in [-0.25, -0.2) is 4.79 Å². The van der Waals surface area contributed by atoms with Gasteiger partial charge in [-0.05, 0) is 36.2 Å².